The highest BCUT2D eigenvalue weighted by Crippen LogP contribution is 2.27. The molecule has 2 rings (SSSR count). The zero-order valence-electron chi connectivity index (χ0n) is 11.1. The summed E-state index contributed by atoms with van der Waals surface area (Å²) in [6.45, 7) is 0. The molecule has 2 aromatic rings. The zero-order valence-corrected chi connectivity index (χ0v) is 12.8. The van der Waals surface area contributed by atoms with Crippen molar-refractivity contribution in [1.82, 2.24) is 9.78 Å². The van der Waals surface area contributed by atoms with Crippen LogP contribution in [-0.2, 0) is 27.3 Å². The smallest absolute Gasteiger partial charge is 0.274 e. The standard InChI is InChI=1S/C11H12FN3O4S2/c1-14-8-7-11(13-14)15(2)21(18,19)10-6-4-3-5-9(10)20(12,16)17/h3-8H,1-2H3. The van der Waals surface area contributed by atoms with Gasteiger partial charge in [0.1, 0.15) is 9.79 Å². The molecule has 0 radical (unpaired) electrons. The van der Waals surface area contributed by atoms with Crippen molar-refractivity contribution in [3.63, 3.8) is 0 Å². The Balaban J connectivity index is 2.61. The third-order valence-corrected chi connectivity index (χ3v) is 5.60. The largest absolute Gasteiger partial charge is 0.333 e. The van der Waals surface area contributed by atoms with Crippen LogP contribution in [0.4, 0.5) is 9.70 Å². The average molecular weight is 333 g/mol. The second-order valence-corrected chi connectivity index (χ2v) is 7.46. The van der Waals surface area contributed by atoms with Gasteiger partial charge < -0.3 is 0 Å². The van der Waals surface area contributed by atoms with E-state index in [2.05, 4.69) is 5.10 Å². The molecule has 0 amide bonds. The summed E-state index contributed by atoms with van der Waals surface area (Å²) in [7, 11) is -6.60. The predicted molar refractivity (Wildman–Crippen MR) is 73.5 cm³/mol. The van der Waals surface area contributed by atoms with E-state index < -0.39 is 30.0 Å². The Morgan fingerprint density at radius 2 is 1.67 bits per heavy atom. The first-order chi connectivity index (χ1) is 9.64. The maximum Gasteiger partial charge on any atom is 0.333 e. The van der Waals surface area contributed by atoms with Crippen LogP contribution in [0.5, 0.6) is 0 Å². The van der Waals surface area contributed by atoms with Crippen molar-refractivity contribution in [3.05, 3.63) is 36.5 Å². The van der Waals surface area contributed by atoms with E-state index in [-0.39, 0.29) is 5.82 Å². The minimum Gasteiger partial charge on any atom is -0.274 e. The average Bonchev–Trinajstić information content (AvgIpc) is 2.83. The summed E-state index contributed by atoms with van der Waals surface area (Å²) in [6, 6.07) is 5.92. The molecule has 1 heterocycles. The lowest BCUT2D eigenvalue weighted by molar-refractivity contribution is 0.546. The van der Waals surface area contributed by atoms with Crippen molar-refractivity contribution in [2.75, 3.05) is 11.4 Å². The summed E-state index contributed by atoms with van der Waals surface area (Å²) in [5, 5.41) is 3.91. The number of anilines is 1. The predicted octanol–water partition coefficient (Wildman–Crippen LogP) is 0.903. The van der Waals surface area contributed by atoms with E-state index >= 15 is 0 Å². The third-order valence-electron chi connectivity index (χ3n) is 2.77. The van der Waals surface area contributed by atoms with E-state index in [1.54, 1.807) is 7.05 Å². The minimum absolute atomic E-state index is 0.0866. The summed E-state index contributed by atoms with van der Waals surface area (Å²) in [6.07, 6.45) is 1.53. The molecule has 21 heavy (non-hydrogen) atoms. The van der Waals surface area contributed by atoms with Gasteiger partial charge in [-0.25, -0.2) is 8.42 Å². The van der Waals surface area contributed by atoms with Gasteiger partial charge in [0.05, 0.1) is 0 Å². The maximum absolute atomic E-state index is 13.3. The third kappa shape index (κ3) is 2.90. The molecule has 0 aliphatic heterocycles. The molecule has 0 unspecified atom stereocenters. The van der Waals surface area contributed by atoms with Crippen LogP contribution < -0.4 is 4.31 Å². The number of hydrogen-bond acceptors (Lipinski definition) is 5. The van der Waals surface area contributed by atoms with Gasteiger partial charge in [-0.3, -0.25) is 8.99 Å². The van der Waals surface area contributed by atoms with Crippen LogP contribution in [0.3, 0.4) is 0 Å². The van der Waals surface area contributed by atoms with Crippen molar-refractivity contribution in [3.8, 4) is 0 Å². The van der Waals surface area contributed by atoms with Crippen molar-refractivity contribution in [2.24, 2.45) is 7.05 Å². The fraction of sp³-hybridized carbons (Fsp3) is 0.182. The molecule has 1 aromatic carbocycles. The molecular weight excluding hydrogens is 321 g/mol. The molecule has 0 bridgehead atoms. The van der Waals surface area contributed by atoms with Gasteiger partial charge >= 0.3 is 10.2 Å². The topological polar surface area (TPSA) is 89.3 Å². The molecule has 0 atom stereocenters. The lowest BCUT2D eigenvalue weighted by atomic mass is 10.4. The van der Waals surface area contributed by atoms with E-state index in [0.717, 1.165) is 16.4 Å². The Bertz CT molecular complexity index is 874. The maximum atomic E-state index is 13.3. The summed E-state index contributed by atoms with van der Waals surface area (Å²) in [4.78, 5) is -1.53. The van der Waals surface area contributed by atoms with Crippen LogP contribution in [0, 0.1) is 0 Å². The second-order valence-electron chi connectivity index (χ2n) is 4.20. The van der Waals surface area contributed by atoms with Crippen molar-refractivity contribution >= 4 is 26.1 Å². The minimum atomic E-state index is -5.16. The van der Waals surface area contributed by atoms with Crippen LogP contribution in [0.1, 0.15) is 0 Å². The van der Waals surface area contributed by atoms with Crippen molar-refractivity contribution in [1.29, 1.82) is 0 Å². The molecular formula is C11H12FN3O4S2. The highest BCUT2D eigenvalue weighted by Gasteiger charge is 2.30. The lowest BCUT2D eigenvalue weighted by Gasteiger charge is -2.17. The summed E-state index contributed by atoms with van der Waals surface area (Å²) in [5.41, 5.74) is 0. The van der Waals surface area contributed by atoms with Crippen LogP contribution in [0.2, 0.25) is 0 Å². The number of rotatable bonds is 4. The fourth-order valence-corrected chi connectivity index (χ4v) is 4.08. The van der Waals surface area contributed by atoms with E-state index in [9.17, 15) is 20.7 Å². The zero-order chi connectivity index (χ0) is 15.8. The van der Waals surface area contributed by atoms with Gasteiger partial charge in [0.15, 0.2) is 5.82 Å². The summed E-state index contributed by atoms with van der Waals surface area (Å²) < 4.78 is 62.5. The van der Waals surface area contributed by atoms with Gasteiger partial charge in [-0.1, -0.05) is 12.1 Å². The van der Waals surface area contributed by atoms with Crippen LogP contribution in [0.25, 0.3) is 0 Å². The number of aryl methyl sites for hydroxylation is 1. The molecule has 0 spiro atoms. The molecule has 0 saturated carbocycles. The first kappa shape index (κ1) is 15.4. The Hall–Kier alpha value is -1.94. The fourth-order valence-electron chi connectivity index (χ4n) is 1.71. The molecule has 7 nitrogen and oxygen atoms in total. The Morgan fingerprint density at radius 1 is 1.10 bits per heavy atom. The normalized spacial score (nSPS) is 12.3. The first-order valence-electron chi connectivity index (χ1n) is 5.66. The number of hydrogen-bond donors (Lipinski definition) is 0. The van der Waals surface area contributed by atoms with Crippen molar-refractivity contribution < 1.29 is 20.7 Å². The Labute approximate surface area is 121 Å². The highest BCUT2D eigenvalue weighted by atomic mass is 32.3. The molecule has 0 fully saturated rings. The number of sulfonamides is 1. The highest BCUT2D eigenvalue weighted by molar-refractivity contribution is 7.94. The van der Waals surface area contributed by atoms with E-state index in [1.807, 2.05) is 0 Å². The molecule has 0 aliphatic rings. The van der Waals surface area contributed by atoms with Gasteiger partial charge in [-0.15, -0.1) is 3.89 Å². The quantitative estimate of drug-likeness (QED) is 0.776. The van der Waals surface area contributed by atoms with Crippen LogP contribution in [-0.4, -0.2) is 33.7 Å². The second kappa shape index (κ2) is 5.11. The van der Waals surface area contributed by atoms with Gasteiger partial charge in [0.25, 0.3) is 10.0 Å². The number of halogens is 1. The van der Waals surface area contributed by atoms with Gasteiger partial charge in [-0.2, -0.15) is 13.5 Å². The molecule has 1 aromatic heterocycles. The monoisotopic (exact) mass is 333 g/mol. The molecule has 10 heteroatoms. The van der Waals surface area contributed by atoms with Crippen molar-refractivity contribution in [2.45, 2.75) is 9.79 Å². The molecule has 0 aliphatic carbocycles. The summed E-state index contributed by atoms with van der Waals surface area (Å²) in [5.74, 6) is 0.0866. The molecule has 0 N–H and O–H groups in total. The first-order valence-corrected chi connectivity index (χ1v) is 8.48. The van der Waals surface area contributed by atoms with Crippen LogP contribution >= 0.6 is 0 Å². The molecule has 0 saturated heterocycles. The Kier molecular flexibility index (Phi) is 3.76. The van der Waals surface area contributed by atoms with E-state index in [0.29, 0.717) is 0 Å². The summed E-state index contributed by atoms with van der Waals surface area (Å²) >= 11 is 0. The van der Waals surface area contributed by atoms with Gasteiger partial charge in [0.2, 0.25) is 0 Å². The van der Waals surface area contributed by atoms with E-state index in [4.69, 9.17) is 0 Å². The lowest BCUT2D eigenvalue weighted by Crippen LogP contribution is -2.28. The number of benzene rings is 1. The number of nitrogens with zero attached hydrogens (tertiary/aromatic N) is 3. The van der Waals surface area contributed by atoms with E-state index in [1.165, 1.54) is 36.1 Å². The van der Waals surface area contributed by atoms with Gasteiger partial charge in [-0.05, 0) is 12.1 Å². The van der Waals surface area contributed by atoms with Gasteiger partial charge in [0, 0.05) is 26.4 Å². The number of aromatic nitrogens is 2. The Morgan fingerprint density at radius 3 is 2.14 bits per heavy atom. The molecule has 114 valence electrons. The SMILES string of the molecule is CN(c1ccn(C)n1)S(=O)(=O)c1ccccc1S(=O)(=O)F. The van der Waals surface area contributed by atoms with Crippen LogP contribution in [0.15, 0.2) is 46.3 Å².